The summed E-state index contributed by atoms with van der Waals surface area (Å²) in [6, 6.07) is 0.221. The van der Waals surface area contributed by atoms with Gasteiger partial charge in [0.05, 0.1) is 6.54 Å². The molecule has 0 unspecified atom stereocenters. The predicted molar refractivity (Wildman–Crippen MR) is 111 cm³/mol. The summed E-state index contributed by atoms with van der Waals surface area (Å²) >= 11 is 0. The highest BCUT2D eigenvalue weighted by atomic mass is 16.6. The maximum Gasteiger partial charge on any atom is 0.410 e. The number of amides is 1. The molecule has 0 atom stereocenters. The van der Waals surface area contributed by atoms with Gasteiger partial charge in [-0.3, -0.25) is 4.99 Å². The summed E-state index contributed by atoms with van der Waals surface area (Å²) in [7, 11) is 3.72. The molecular weight excluding hydrogens is 370 g/mol. The summed E-state index contributed by atoms with van der Waals surface area (Å²) in [5, 5.41) is 11.4. The molecule has 0 spiro atoms. The van der Waals surface area contributed by atoms with Gasteiger partial charge < -0.3 is 24.4 Å². The van der Waals surface area contributed by atoms with Crippen LogP contribution in [0.2, 0.25) is 0 Å². The number of aryl methyl sites for hydroxylation is 1. The van der Waals surface area contributed by atoms with Crippen LogP contribution in [0.1, 0.15) is 52.3 Å². The monoisotopic (exact) mass is 405 g/mol. The first-order valence-corrected chi connectivity index (χ1v) is 10.5. The van der Waals surface area contributed by atoms with Gasteiger partial charge in [-0.1, -0.05) is 0 Å². The third-order valence-electron chi connectivity index (χ3n) is 5.41. The second-order valence-electron chi connectivity index (χ2n) is 9.05. The molecule has 1 aromatic heterocycles. The molecular formula is C20H35N7O2. The molecule has 2 fully saturated rings. The van der Waals surface area contributed by atoms with Crippen molar-refractivity contribution in [1.29, 1.82) is 0 Å². The molecule has 1 amide bonds. The molecule has 0 radical (unpaired) electrons. The minimum atomic E-state index is -0.467. The Kier molecular flexibility index (Phi) is 6.64. The van der Waals surface area contributed by atoms with E-state index in [0.717, 1.165) is 44.3 Å². The molecule has 2 heterocycles. The van der Waals surface area contributed by atoms with Crippen LogP contribution in [0.15, 0.2) is 11.3 Å². The Bertz CT molecular complexity index is 713. The first kappa shape index (κ1) is 21.4. The topological polar surface area (TPSA) is 87.9 Å². The number of guanidine groups is 1. The number of nitrogens with zero attached hydrogens (tertiary/aromatic N) is 6. The zero-order chi connectivity index (χ0) is 21.0. The van der Waals surface area contributed by atoms with Gasteiger partial charge >= 0.3 is 6.09 Å². The van der Waals surface area contributed by atoms with E-state index in [4.69, 9.17) is 4.74 Å². The lowest BCUT2D eigenvalue weighted by Gasteiger charge is -2.40. The Hall–Kier alpha value is -2.32. The van der Waals surface area contributed by atoms with Gasteiger partial charge in [0, 0.05) is 39.8 Å². The number of ether oxygens (including phenoxy) is 1. The van der Waals surface area contributed by atoms with Crippen molar-refractivity contribution in [2.24, 2.45) is 18.0 Å². The van der Waals surface area contributed by atoms with Gasteiger partial charge in [-0.2, -0.15) is 0 Å². The molecule has 0 aromatic carbocycles. The summed E-state index contributed by atoms with van der Waals surface area (Å²) in [5.41, 5.74) is -0.467. The van der Waals surface area contributed by atoms with Gasteiger partial charge in [-0.05, 0) is 52.4 Å². The van der Waals surface area contributed by atoms with Crippen LogP contribution in [-0.2, 0) is 18.3 Å². The number of hydrogen-bond acceptors (Lipinski definition) is 5. The van der Waals surface area contributed by atoms with Crippen molar-refractivity contribution in [3.63, 3.8) is 0 Å². The molecule has 2 aliphatic rings. The first-order chi connectivity index (χ1) is 13.8. The Morgan fingerprint density at radius 2 is 2.00 bits per heavy atom. The van der Waals surface area contributed by atoms with E-state index in [1.165, 1.54) is 12.8 Å². The van der Waals surface area contributed by atoms with Crippen LogP contribution in [0.5, 0.6) is 0 Å². The van der Waals surface area contributed by atoms with E-state index in [0.29, 0.717) is 12.5 Å². The summed E-state index contributed by atoms with van der Waals surface area (Å²) < 4.78 is 7.58. The minimum absolute atomic E-state index is 0.173. The van der Waals surface area contributed by atoms with Gasteiger partial charge in [-0.25, -0.2) is 4.79 Å². The number of likely N-dealkylation sites (tertiary alicyclic amines) is 1. The zero-order valence-electron chi connectivity index (χ0n) is 18.4. The van der Waals surface area contributed by atoms with Crippen molar-refractivity contribution in [2.75, 3.05) is 26.7 Å². The number of carbonyl (C=O) groups excluding carboxylic acids is 1. The molecule has 3 rings (SSSR count). The van der Waals surface area contributed by atoms with Crippen LogP contribution in [0.25, 0.3) is 0 Å². The lowest BCUT2D eigenvalue weighted by atomic mass is 10.0. The lowest BCUT2D eigenvalue weighted by molar-refractivity contribution is 0.00928. The molecule has 162 valence electrons. The molecule has 1 N–H and O–H groups in total. The normalized spacial score (nSPS) is 18.7. The van der Waals surface area contributed by atoms with Crippen molar-refractivity contribution in [1.82, 2.24) is 29.9 Å². The first-order valence-electron chi connectivity index (χ1n) is 10.5. The van der Waals surface area contributed by atoms with Gasteiger partial charge in [0.1, 0.15) is 11.9 Å². The molecule has 9 nitrogen and oxygen atoms in total. The number of rotatable bonds is 5. The quantitative estimate of drug-likeness (QED) is 0.595. The third kappa shape index (κ3) is 6.08. The van der Waals surface area contributed by atoms with Crippen LogP contribution in [0, 0.1) is 5.92 Å². The molecule has 1 aliphatic heterocycles. The van der Waals surface area contributed by atoms with Crippen molar-refractivity contribution >= 4 is 12.1 Å². The largest absolute Gasteiger partial charge is 0.444 e. The highest BCUT2D eigenvalue weighted by molar-refractivity contribution is 5.80. The number of aromatic nitrogens is 3. The van der Waals surface area contributed by atoms with Crippen LogP contribution < -0.4 is 5.32 Å². The van der Waals surface area contributed by atoms with E-state index in [1.807, 2.05) is 37.3 Å². The maximum absolute atomic E-state index is 12.8. The fourth-order valence-electron chi connectivity index (χ4n) is 3.62. The Morgan fingerprint density at radius 1 is 1.31 bits per heavy atom. The minimum Gasteiger partial charge on any atom is -0.444 e. The molecule has 9 heteroatoms. The number of hydrogen-bond donors (Lipinski definition) is 1. The van der Waals surface area contributed by atoms with E-state index in [1.54, 1.807) is 13.4 Å². The number of aliphatic imine (C=N–C) groups is 1. The molecule has 0 bridgehead atoms. The van der Waals surface area contributed by atoms with Crippen molar-refractivity contribution < 1.29 is 9.53 Å². The molecule has 29 heavy (non-hydrogen) atoms. The van der Waals surface area contributed by atoms with Crippen LogP contribution in [0.3, 0.4) is 0 Å². The molecule has 1 aliphatic carbocycles. The van der Waals surface area contributed by atoms with Crippen LogP contribution in [-0.4, -0.2) is 74.9 Å². The summed E-state index contributed by atoms with van der Waals surface area (Å²) in [4.78, 5) is 21.4. The summed E-state index contributed by atoms with van der Waals surface area (Å²) in [5.74, 6) is 2.36. The number of piperidine rings is 1. The van der Waals surface area contributed by atoms with E-state index in [-0.39, 0.29) is 12.1 Å². The van der Waals surface area contributed by atoms with E-state index >= 15 is 0 Å². The van der Waals surface area contributed by atoms with Crippen molar-refractivity contribution in [3.8, 4) is 0 Å². The number of carbonyl (C=O) groups is 1. The summed E-state index contributed by atoms with van der Waals surface area (Å²) in [6.07, 6.45) is 5.78. The van der Waals surface area contributed by atoms with Gasteiger partial charge in [0.2, 0.25) is 0 Å². The average molecular weight is 406 g/mol. The van der Waals surface area contributed by atoms with E-state index in [2.05, 4.69) is 25.4 Å². The average Bonchev–Trinajstić information content (AvgIpc) is 3.40. The predicted octanol–water partition coefficient (Wildman–Crippen LogP) is 2.00. The van der Waals surface area contributed by atoms with Gasteiger partial charge in [0.25, 0.3) is 0 Å². The standard InChI is InChI=1S/C20H35N7O2/c1-20(2,3)29-19(28)27(13-15-6-7-15)16-8-10-26(11-9-16)18(21-4)22-12-17-24-23-14-25(17)5/h14-16H,6-13H2,1-5H3,(H,21,22). The molecule has 1 saturated heterocycles. The summed E-state index contributed by atoms with van der Waals surface area (Å²) in [6.45, 7) is 8.88. The highest BCUT2D eigenvalue weighted by Gasteiger charge is 2.35. The third-order valence-corrected chi connectivity index (χ3v) is 5.41. The van der Waals surface area contributed by atoms with Gasteiger partial charge in [-0.15, -0.1) is 10.2 Å². The lowest BCUT2D eigenvalue weighted by Crippen LogP contribution is -2.52. The Morgan fingerprint density at radius 3 is 2.52 bits per heavy atom. The highest BCUT2D eigenvalue weighted by Crippen LogP contribution is 2.32. The molecule has 1 aromatic rings. The fourth-order valence-corrected chi connectivity index (χ4v) is 3.62. The maximum atomic E-state index is 12.8. The fraction of sp³-hybridized carbons (Fsp3) is 0.800. The zero-order valence-corrected chi connectivity index (χ0v) is 18.4. The van der Waals surface area contributed by atoms with E-state index < -0.39 is 5.60 Å². The van der Waals surface area contributed by atoms with Crippen LogP contribution in [0.4, 0.5) is 4.79 Å². The van der Waals surface area contributed by atoms with Gasteiger partial charge in [0.15, 0.2) is 11.8 Å². The second-order valence-corrected chi connectivity index (χ2v) is 9.05. The van der Waals surface area contributed by atoms with E-state index in [9.17, 15) is 4.79 Å². The molecule has 1 saturated carbocycles. The smallest absolute Gasteiger partial charge is 0.410 e. The van der Waals surface area contributed by atoms with Crippen molar-refractivity contribution in [2.45, 2.75) is 64.6 Å². The number of nitrogens with one attached hydrogen (secondary N) is 1. The SMILES string of the molecule is CN=C(NCc1nncn1C)N1CCC(N(CC2CC2)C(=O)OC(C)(C)C)CC1. The Labute approximate surface area is 173 Å². The van der Waals surface area contributed by atoms with Crippen molar-refractivity contribution in [3.05, 3.63) is 12.2 Å². The second kappa shape index (κ2) is 9.00. The van der Waals surface area contributed by atoms with Crippen LogP contribution >= 0.6 is 0 Å². The Balaban J connectivity index is 1.55.